The van der Waals surface area contributed by atoms with E-state index >= 15 is 0 Å². The van der Waals surface area contributed by atoms with Crippen LogP contribution in [0.1, 0.15) is 42.4 Å². The molecule has 2 heterocycles. The molecule has 3 aromatic rings. The Labute approximate surface area is 202 Å². The van der Waals surface area contributed by atoms with Gasteiger partial charge in [-0.05, 0) is 40.6 Å². The molecule has 180 valence electrons. The third-order valence-electron chi connectivity index (χ3n) is 5.37. The number of anilines is 1. The molecule has 11 heteroatoms. The molecule has 10 nitrogen and oxygen atoms in total. The summed E-state index contributed by atoms with van der Waals surface area (Å²) in [6.07, 6.45) is -0.179. The highest BCUT2D eigenvalue weighted by molar-refractivity contribution is 7.99. The lowest BCUT2D eigenvalue weighted by molar-refractivity contribution is -0.245. The van der Waals surface area contributed by atoms with E-state index in [1.165, 1.54) is 11.8 Å². The number of hydrogen-bond acceptors (Lipinski definition) is 8. The molecule has 0 aliphatic carbocycles. The number of aromatic nitrogens is 4. The van der Waals surface area contributed by atoms with Gasteiger partial charge in [-0.1, -0.05) is 48.2 Å². The van der Waals surface area contributed by atoms with Crippen LogP contribution in [0.3, 0.4) is 0 Å². The van der Waals surface area contributed by atoms with Crippen molar-refractivity contribution in [2.24, 2.45) is 7.05 Å². The number of carbonyl (C=O) groups excluding carboxylic acids is 1. The van der Waals surface area contributed by atoms with E-state index < -0.39 is 6.29 Å². The van der Waals surface area contributed by atoms with Gasteiger partial charge < -0.3 is 25.2 Å². The Hall–Kier alpha value is -2.99. The number of aliphatic hydroxyl groups is 1. The predicted octanol–water partition coefficient (Wildman–Crippen LogP) is 3.18. The monoisotopic (exact) mass is 484 g/mol. The smallest absolute Gasteiger partial charge is 0.319 e. The lowest BCUT2D eigenvalue weighted by atomic mass is 10.0. The Kier molecular flexibility index (Phi) is 8.12. The molecule has 0 radical (unpaired) electrons. The van der Waals surface area contributed by atoms with Crippen molar-refractivity contribution in [1.82, 2.24) is 25.5 Å². The van der Waals surface area contributed by atoms with Crippen LogP contribution in [-0.2, 0) is 23.1 Å². The Bertz CT molecular complexity index is 1080. The van der Waals surface area contributed by atoms with Gasteiger partial charge >= 0.3 is 6.03 Å². The second-order valence-electron chi connectivity index (χ2n) is 7.85. The number of carbonyl (C=O) groups is 1. The highest BCUT2D eigenvalue weighted by Gasteiger charge is 2.32. The standard InChI is InChI=1S/C23H28N6O4S/c1-3-24-22(31)25-18-10-8-17(9-11-18)21-32-19(14-34-23-26-27-28-29(23)2)12-20(33-21)16-6-4-15(13-30)5-7-16/h4-11,19-21,30H,3,12-14H2,1-2H3,(H2,24,25,31)/t19-,20+,21+/m1/s1. The van der Waals surface area contributed by atoms with Gasteiger partial charge in [0.15, 0.2) is 6.29 Å². The number of urea groups is 1. The molecule has 0 saturated carbocycles. The van der Waals surface area contributed by atoms with E-state index in [0.717, 1.165) is 21.8 Å². The molecule has 0 bridgehead atoms. The van der Waals surface area contributed by atoms with E-state index in [-0.39, 0.29) is 24.8 Å². The summed E-state index contributed by atoms with van der Waals surface area (Å²) in [5.74, 6) is 0.663. The van der Waals surface area contributed by atoms with Crippen LogP contribution >= 0.6 is 11.8 Å². The van der Waals surface area contributed by atoms with Crippen molar-refractivity contribution in [3.63, 3.8) is 0 Å². The Morgan fingerprint density at radius 2 is 1.88 bits per heavy atom. The molecular formula is C23H28N6O4S. The van der Waals surface area contributed by atoms with Crippen molar-refractivity contribution in [2.45, 2.75) is 43.6 Å². The minimum Gasteiger partial charge on any atom is -0.392 e. The van der Waals surface area contributed by atoms with Crippen LogP contribution in [0.2, 0.25) is 0 Å². The van der Waals surface area contributed by atoms with Gasteiger partial charge in [0.05, 0.1) is 18.8 Å². The lowest BCUT2D eigenvalue weighted by Crippen LogP contribution is -2.31. The minimum absolute atomic E-state index is 0.000790. The molecule has 2 aromatic carbocycles. The summed E-state index contributed by atoms with van der Waals surface area (Å²) in [5, 5.41) is 27.2. The SMILES string of the molecule is CCNC(=O)Nc1ccc([C@H]2O[C@@H](CSc3nnnn3C)C[C@@H](c3ccc(CO)cc3)O2)cc1. The molecular weight excluding hydrogens is 456 g/mol. The Morgan fingerprint density at radius 1 is 1.15 bits per heavy atom. The Morgan fingerprint density at radius 3 is 2.53 bits per heavy atom. The highest BCUT2D eigenvalue weighted by Crippen LogP contribution is 2.39. The minimum atomic E-state index is -0.571. The van der Waals surface area contributed by atoms with Crippen molar-refractivity contribution >= 4 is 23.5 Å². The first-order valence-corrected chi connectivity index (χ1v) is 12.0. The first-order chi connectivity index (χ1) is 16.6. The molecule has 1 fully saturated rings. The first-order valence-electron chi connectivity index (χ1n) is 11.1. The maximum absolute atomic E-state index is 11.8. The largest absolute Gasteiger partial charge is 0.392 e. The van der Waals surface area contributed by atoms with E-state index in [4.69, 9.17) is 9.47 Å². The van der Waals surface area contributed by atoms with Gasteiger partial charge in [0, 0.05) is 37.0 Å². The number of thioether (sulfide) groups is 1. The molecule has 3 N–H and O–H groups in total. The fourth-order valence-electron chi connectivity index (χ4n) is 3.59. The van der Waals surface area contributed by atoms with Crippen molar-refractivity contribution in [3.05, 3.63) is 65.2 Å². The van der Waals surface area contributed by atoms with Gasteiger partial charge in [0.2, 0.25) is 5.16 Å². The third-order valence-corrected chi connectivity index (χ3v) is 6.52. The van der Waals surface area contributed by atoms with Crippen molar-refractivity contribution in [3.8, 4) is 0 Å². The van der Waals surface area contributed by atoms with Crippen LogP contribution in [0.5, 0.6) is 0 Å². The summed E-state index contributed by atoms with van der Waals surface area (Å²) in [6, 6.07) is 14.9. The topological polar surface area (TPSA) is 123 Å². The quantitative estimate of drug-likeness (QED) is 0.417. The molecule has 2 amide bonds. The Balaban J connectivity index is 1.50. The zero-order chi connectivity index (χ0) is 23.9. The van der Waals surface area contributed by atoms with Crippen LogP contribution < -0.4 is 10.6 Å². The summed E-state index contributed by atoms with van der Waals surface area (Å²) < 4.78 is 14.3. The van der Waals surface area contributed by atoms with E-state index in [9.17, 15) is 9.90 Å². The molecule has 34 heavy (non-hydrogen) atoms. The van der Waals surface area contributed by atoms with Gasteiger partial charge in [-0.15, -0.1) is 5.10 Å². The maximum Gasteiger partial charge on any atom is 0.319 e. The van der Waals surface area contributed by atoms with Crippen molar-refractivity contribution in [1.29, 1.82) is 0 Å². The molecule has 0 unspecified atom stereocenters. The molecule has 1 aromatic heterocycles. The number of aliphatic hydroxyl groups excluding tert-OH is 1. The normalized spacial score (nSPS) is 20.1. The number of benzene rings is 2. The van der Waals surface area contributed by atoms with Gasteiger partial charge in [-0.2, -0.15) is 0 Å². The van der Waals surface area contributed by atoms with Crippen LogP contribution in [-0.4, -0.2) is 49.7 Å². The van der Waals surface area contributed by atoms with Crippen LogP contribution in [0.4, 0.5) is 10.5 Å². The average Bonchev–Trinajstić information content (AvgIpc) is 3.28. The second-order valence-corrected chi connectivity index (χ2v) is 8.84. The number of aryl methyl sites for hydroxylation is 1. The fourth-order valence-corrected chi connectivity index (χ4v) is 4.46. The number of hydrogen-bond donors (Lipinski definition) is 3. The second kappa shape index (κ2) is 11.4. The summed E-state index contributed by atoms with van der Waals surface area (Å²) in [5.41, 5.74) is 3.41. The first kappa shape index (κ1) is 24.1. The zero-order valence-electron chi connectivity index (χ0n) is 19.0. The van der Waals surface area contributed by atoms with E-state index in [2.05, 4.69) is 26.2 Å². The predicted molar refractivity (Wildman–Crippen MR) is 127 cm³/mol. The van der Waals surface area contributed by atoms with Gasteiger partial charge in [-0.3, -0.25) is 0 Å². The molecule has 1 saturated heterocycles. The number of nitrogens with one attached hydrogen (secondary N) is 2. The number of ether oxygens (including phenoxy) is 2. The molecule has 1 aliphatic rings. The van der Waals surface area contributed by atoms with E-state index in [0.29, 0.717) is 24.4 Å². The summed E-state index contributed by atoms with van der Waals surface area (Å²) >= 11 is 1.53. The van der Waals surface area contributed by atoms with E-state index in [1.807, 2.05) is 55.5 Å². The number of nitrogens with zero attached hydrogens (tertiary/aromatic N) is 4. The van der Waals surface area contributed by atoms with Gasteiger partial charge in [0.1, 0.15) is 0 Å². The zero-order valence-corrected chi connectivity index (χ0v) is 19.9. The number of rotatable bonds is 8. The van der Waals surface area contributed by atoms with Crippen molar-refractivity contribution in [2.75, 3.05) is 17.6 Å². The summed E-state index contributed by atoms with van der Waals surface area (Å²) in [7, 11) is 1.80. The number of amides is 2. The van der Waals surface area contributed by atoms with Crippen LogP contribution in [0.25, 0.3) is 0 Å². The average molecular weight is 485 g/mol. The van der Waals surface area contributed by atoms with Crippen LogP contribution in [0, 0.1) is 0 Å². The highest BCUT2D eigenvalue weighted by atomic mass is 32.2. The lowest BCUT2D eigenvalue weighted by Gasteiger charge is -2.36. The number of tetrazole rings is 1. The third kappa shape index (κ3) is 6.11. The molecule has 4 rings (SSSR count). The maximum atomic E-state index is 11.8. The molecule has 0 spiro atoms. The van der Waals surface area contributed by atoms with Gasteiger partial charge in [-0.25, -0.2) is 9.48 Å². The molecule has 3 atom stereocenters. The summed E-state index contributed by atoms with van der Waals surface area (Å²) in [6.45, 7) is 2.42. The molecule has 1 aliphatic heterocycles. The fraction of sp³-hybridized carbons (Fsp3) is 0.391. The van der Waals surface area contributed by atoms with Crippen LogP contribution in [0.15, 0.2) is 53.7 Å². The summed E-state index contributed by atoms with van der Waals surface area (Å²) in [4.78, 5) is 11.8. The van der Waals surface area contributed by atoms with Gasteiger partial charge in [0.25, 0.3) is 0 Å². The van der Waals surface area contributed by atoms with Crippen molar-refractivity contribution < 1.29 is 19.4 Å². The van der Waals surface area contributed by atoms with E-state index in [1.54, 1.807) is 11.7 Å².